The van der Waals surface area contributed by atoms with E-state index < -0.39 is 18.2 Å². The molecule has 20 heavy (non-hydrogen) atoms. The van der Waals surface area contributed by atoms with Crippen molar-refractivity contribution in [3.63, 3.8) is 0 Å². The number of anilines is 1. The van der Waals surface area contributed by atoms with Crippen molar-refractivity contribution in [1.29, 1.82) is 5.26 Å². The maximum absolute atomic E-state index is 11.3. The molecule has 1 aromatic carbocycles. The zero-order valence-corrected chi connectivity index (χ0v) is 11.8. The largest absolute Gasteiger partial charge is 0.466 e. The van der Waals surface area contributed by atoms with Gasteiger partial charge in [-0.2, -0.15) is 5.26 Å². The van der Waals surface area contributed by atoms with Crippen LogP contribution in [-0.2, 0) is 9.53 Å². The van der Waals surface area contributed by atoms with Crippen LogP contribution in [0.4, 0.5) is 5.69 Å². The van der Waals surface area contributed by atoms with Crippen LogP contribution in [0, 0.1) is 10.7 Å². The molecule has 0 aliphatic rings. The van der Waals surface area contributed by atoms with E-state index in [1.807, 2.05) is 5.40 Å². The highest BCUT2D eigenvalue weighted by Crippen LogP contribution is 2.29. The lowest BCUT2D eigenvalue weighted by molar-refractivity contribution is -0.147. The second-order valence-corrected chi connectivity index (χ2v) is 4.86. The van der Waals surface area contributed by atoms with E-state index in [0.717, 1.165) is 11.8 Å². The van der Waals surface area contributed by atoms with Crippen molar-refractivity contribution < 1.29 is 19.7 Å². The van der Waals surface area contributed by atoms with Crippen LogP contribution >= 0.6 is 11.8 Å². The van der Waals surface area contributed by atoms with Crippen molar-refractivity contribution in [1.82, 2.24) is 0 Å². The topological polar surface area (TPSA) is 117 Å². The number of esters is 1. The third-order valence-electron chi connectivity index (χ3n) is 2.59. The van der Waals surface area contributed by atoms with Gasteiger partial charge in [-0.1, -0.05) is 0 Å². The normalized spacial score (nSPS) is 13.3. The van der Waals surface area contributed by atoms with Crippen molar-refractivity contribution in [2.75, 3.05) is 12.3 Å². The average molecular weight is 296 g/mol. The predicted octanol–water partition coefficient (Wildman–Crippen LogP) is 1.19. The monoisotopic (exact) mass is 296 g/mol. The van der Waals surface area contributed by atoms with Crippen LogP contribution in [0.2, 0.25) is 0 Å². The molecule has 4 N–H and O–H groups in total. The molecule has 0 radical (unpaired) electrons. The van der Waals surface area contributed by atoms with Gasteiger partial charge >= 0.3 is 5.97 Å². The molecule has 0 saturated carbocycles. The molecule has 2 atom stereocenters. The molecule has 2 unspecified atom stereocenters. The number of nitrogens with two attached hydrogens (primary N) is 1. The van der Waals surface area contributed by atoms with Gasteiger partial charge in [-0.05, 0) is 36.9 Å². The van der Waals surface area contributed by atoms with Gasteiger partial charge in [-0.15, -0.1) is 0 Å². The van der Waals surface area contributed by atoms with Gasteiger partial charge in [0.2, 0.25) is 0 Å². The van der Waals surface area contributed by atoms with Gasteiger partial charge in [0, 0.05) is 16.1 Å². The summed E-state index contributed by atoms with van der Waals surface area (Å²) < 4.78 is 4.70. The van der Waals surface area contributed by atoms with Crippen LogP contribution in [0.1, 0.15) is 25.0 Å². The molecule has 1 rings (SSSR count). The summed E-state index contributed by atoms with van der Waals surface area (Å²) in [5.74, 6) is -0.597. The first-order valence-corrected chi connectivity index (χ1v) is 6.78. The Labute approximate surface area is 121 Å². The molecule has 0 bridgehead atoms. The van der Waals surface area contributed by atoms with Crippen molar-refractivity contribution in [3.05, 3.63) is 23.8 Å². The Kier molecular flexibility index (Phi) is 6.31. The highest BCUT2D eigenvalue weighted by Gasteiger charge is 2.24. The number of hydrogen-bond acceptors (Lipinski definition) is 7. The highest BCUT2D eigenvalue weighted by molar-refractivity contribution is 8.03. The molecule has 0 aliphatic heterocycles. The summed E-state index contributed by atoms with van der Waals surface area (Å²) in [6.07, 6.45) is -2.97. The highest BCUT2D eigenvalue weighted by atomic mass is 32.2. The number of thioether (sulfide) groups is 1. The molecule has 0 spiro atoms. The van der Waals surface area contributed by atoms with Gasteiger partial charge < -0.3 is 20.7 Å². The third kappa shape index (κ3) is 4.42. The molecule has 0 aromatic heterocycles. The molecule has 0 heterocycles. The van der Waals surface area contributed by atoms with Crippen LogP contribution in [0.25, 0.3) is 0 Å². The summed E-state index contributed by atoms with van der Waals surface area (Å²) in [7, 11) is 0. The van der Waals surface area contributed by atoms with E-state index in [-0.39, 0.29) is 24.3 Å². The van der Waals surface area contributed by atoms with Crippen LogP contribution in [-0.4, -0.2) is 28.9 Å². The zero-order chi connectivity index (χ0) is 15.1. The predicted molar refractivity (Wildman–Crippen MR) is 74.5 cm³/mol. The number of thiocyanates is 1. The number of nitrogen functional groups attached to an aromatic ring is 1. The van der Waals surface area contributed by atoms with E-state index in [2.05, 4.69) is 0 Å². The molecule has 0 saturated heterocycles. The summed E-state index contributed by atoms with van der Waals surface area (Å²) in [6, 6.07) is 4.69. The Hall–Kier alpha value is -1.75. The molecular formula is C13H16N2O4S. The minimum Gasteiger partial charge on any atom is -0.466 e. The molecule has 0 aliphatic carbocycles. The SMILES string of the molecule is CCOC(=O)CC(O)C(O)c1cc(SC#N)ccc1N. The zero-order valence-electron chi connectivity index (χ0n) is 10.9. The third-order valence-corrected chi connectivity index (χ3v) is 3.17. The first-order chi connectivity index (χ1) is 9.49. The van der Waals surface area contributed by atoms with E-state index in [4.69, 9.17) is 15.7 Å². The fourth-order valence-electron chi connectivity index (χ4n) is 1.63. The van der Waals surface area contributed by atoms with E-state index >= 15 is 0 Å². The summed E-state index contributed by atoms with van der Waals surface area (Å²) in [4.78, 5) is 11.9. The molecule has 108 valence electrons. The fourth-order valence-corrected chi connectivity index (χ4v) is 2.06. The summed E-state index contributed by atoms with van der Waals surface area (Å²) in [5.41, 5.74) is 6.29. The lowest BCUT2D eigenvalue weighted by Gasteiger charge is -2.19. The summed E-state index contributed by atoms with van der Waals surface area (Å²) in [5, 5.41) is 30.4. The standard InChI is InChI=1S/C13H16N2O4S/c1-2-19-12(17)6-11(16)13(18)9-5-8(20-7-14)3-4-10(9)15/h3-5,11,13,16,18H,2,6,15H2,1H3. The molecule has 6 nitrogen and oxygen atoms in total. The fraction of sp³-hybridized carbons (Fsp3) is 0.385. The van der Waals surface area contributed by atoms with Gasteiger partial charge in [0.25, 0.3) is 0 Å². The van der Waals surface area contributed by atoms with E-state index in [9.17, 15) is 15.0 Å². The lowest BCUT2D eigenvalue weighted by atomic mass is 10.0. The number of nitriles is 1. The number of rotatable bonds is 6. The summed E-state index contributed by atoms with van der Waals surface area (Å²) >= 11 is 0.915. The molecular weight excluding hydrogens is 280 g/mol. The van der Waals surface area contributed by atoms with Gasteiger partial charge in [-0.25, -0.2) is 0 Å². The number of benzene rings is 1. The Bertz CT molecular complexity index is 516. The minimum absolute atomic E-state index is 0.206. The van der Waals surface area contributed by atoms with Crippen LogP contribution < -0.4 is 5.73 Å². The van der Waals surface area contributed by atoms with Crippen LogP contribution in [0.15, 0.2) is 23.1 Å². The van der Waals surface area contributed by atoms with E-state index in [1.165, 1.54) is 12.1 Å². The van der Waals surface area contributed by atoms with Crippen molar-refractivity contribution in [2.45, 2.75) is 30.4 Å². The molecule has 0 fully saturated rings. The number of hydrogen-bond donors (Lipinski definition) is 3. The van der Waals surface area contributed by atoms with Gasteiger partial charge in [0.15, 0.2) is 0 Å². The average Bonchev–Trinajstić information content (AvgIpc) is 2.40. The maximum atomic E-state index is 11.3. The maximum Gasteiger partial charge on any atom is 0.308 e. The van der Waals surface area contributed by atoms with Crippen molar-refractivity contribution in [3.8, 4) is 5.40 Å². The number of ether oxygens (including phenoxy) is 1. The second-order valence-electron chi connectivity index (χ2n) is 4.01. The van der Waals surface area contributed by atoms with Gasteiger partial charge in [0.05, 0.1) is 19.1 Å². The Morgan fingerprint density at radius 1 is 1.55 bits per heavy atom. The first-order valence-electron chi connectivity index (χ1n) is 5.96. The second kappa shape index (κ2) is 7.75. The number of aliphatic hydroxyl groups excluding tert-OH is 2. The van der Waals surface area contributed by atoms with Crippen LogP contribution in [0.3, 0.4) is 0 Å². The molecule has 0 amide bonds. The van der Waals surface area contributed by atoms with Crippen molar-refractivity contribution >= 4 is 23.4 Å². The smallest absolute Gasteiger partial charge is 0.308 e. The Morgan fingerprint density at radius 3 is 2.85 bits per heavy atom. The molecule has 7 heteroatoms. The number of carbonyl (C=O) groups excluding carboxylic acids is 1. The lowest BCUT2D eigenvalue weighted by Crippen LogP contribution is -2.23. The number of aliphatic hydroxyl groups is 2. The number of carbonyl (C=O) groups is 1. The quantitative estimate of drug-likeness (QED) is 0.312. The van der Waals surface area contributed by atoms with Gasteiger partial charge in [0.1, 0.15) is 11.5 Å². The Morgan fingerprint density at radius 2 is 2.25 bits per heavy atom. The van der Waals surface area contributed by atoms with Crippen molar-refractivity contribution in [2.24, 2.45) is 0 Å². The summed E-state index contributed by atoms with van der Waals surface area (Å²) in [6.45, 7) is 1.86. The number of nitrogens with zero attached hydrogens (tertiary/aromatic N) is 1. The first kappa shape index (κ1) is 16.3. The van der Waals surface area contributed by atoms with E-state index in [0.29, 0.717) is 4.90 Å². The molecule has 1 aromatic rings. The minimum atomic E-state index is -1.32. The van der Waals surface area contributed by atoms with E-state index in [1.54, 1.807) is 13.0 Å². The van der Waals surface area contributed by atoms with Crippen LogP contribution in [0.5, 0.6) is 0 Å². The van der Waals surface area contributed by atoms with Gasteiger partial charge in [-0.3, -0.25) is 4.79 Å². The Balaban J connectivity index is 2.85.